The SMILES string of the molecule is CCOC(=O)Oc1ccc(C(=O)NCc2cccc(NC(=O)COc3ccc(C)cc3C(C)(C)C)c2)cc1. The highest BCUT2D eigenvalue weighted by molar-refractivity contribution is 5.94. The smallest absolute Gasteiger partial charge is 0.483 e. The molecule has 0 aromatic heterocycles. The molecule has 38 heavy (non-hydrogen) atoms. The standard InChI is InChI=1S/C30H34N2O6/c1-6-36-29(35)38-24-13-11-22(12-14-24)28(34)31-18-21-8-7-9-23(17-21)32-27(33)19-37-26-15-10-20(2)16-25(26)30(3,4)5/h7-17H,6,18-19H2,1-5H3,(H,31,34)(H,32,33). The van der Waals surface area contributed by atoms with Gasteiger partial charge < -0.3 is 24.8 Å². The first-order chi connectivity index (χ1) is 18.0. The van der Waals surface area contributed by atoms with Gasteiger partial charge in [-0.3, -0.25) is 9.59 Å². The Hall–Kier alpha value is -4.33. The van der Waals surface area contributed by atoms with E-state index in [0.717, 1.165) is 16.7 Å². The number of hydrogen-bond acceptors (Lipinski definition) is 6. The number of carbonyl (C=O) groups is 3. The molecule has 0 fully saturated rings. The Kier molecular flexibility index (Phi) is 9.49. The van der Waals surface area contributed by atoms with Crippen LogP contribution in [0.25, 0.3) is 0 Å². The van der Waals surface area contributed by atoms with E-state index in [2.05, 4.69) is 37.5 Å². The normalized spacial score (nSPS) is 10.9. The van der Waals surface area contributed by atoms with E-state index in [1.165, 1.54) is 12.1 Å². The van der Waals surface area contributed by atoms with Crippen LogP contribution in [-0.4, -0.2) is 31.2 Å². The monoisotopic (exact) mass is 518 g/mol. The average Bonchev–Trinajstić information content (AvgIpc) is 2.87. The van der Waals surface area contributed by atoms with Crippen LogP contribution in [-0.2, 0) is 21.5 Å². The molecule has 0 radical (unpaired) electrons. The lowest BCUT2D eigenvalue weighted by Crippen LogP contribution is -2.23. The molecule has 3 aromatic carbocycles. The molecule has 2 N–H and O–H groups in total. The molecular weight excluding hydrogens is 484 g/mol. The van der Waals surface area contributed by atoms with Crippen molar-refractivity contribution in [3.05, 3.63) is 89.0 Å². The Morgan fingerprint density at radius 2 is 1.66 bits per heavy atom. The molecule has 3 aromatic rings. The van der Waals surface area contributed by atoms with E-state index in [4.69, 9.17) is 14.2 Å². The van der Waals surface area contributed by atoms with Crippen molar-refractivity contribution in [2.75, 3.05) is 18.5 Å². The zero-order valence-corrected chi connectivity index (χ0v) is 22.4. The Morgan fingerprint density at radius 3 is 2.34 bits per heavy atom. The number of carbonyl (C=O) groups excluding carboxylic acids is 3. The topological polar surface area (TPSA) is 103 Å². The molecule has 8 heteroatoms. The van der Waals surface area contributed by atoms with Crippen molar-refractivity contribution in [2.45, 2.75) is 46.6 Å². The summed E-state index contributed by atoms with van der Waals surface area (Å²) in [6.07, 6.45) is -0.798. The van der Waals surface area contributed by atoms with E-state index in [1.54, 1.807) is 37.3 Å². The van der Waals surface area contributed by atoms with E-state index in [-0.39, 0.29) is 42.7 Å². The third-order valence-electron chi connectivity index (χ3n) is 5.55. The van der Waals surface area contributed by atoms with Crippen LogP contribution >= 0.6 is 0 Å². The van der Waals surface area contributed by atoms with Gasteiger partial charge in [-0.25, -0.2) is 4.79 Å². The Morgan fingerprint density at radius 1 is 0.921 bits per heavy atom. The molecule has 0 heterocycles. The van der Waals surface area contributed by atoms with Crippen LogP contribution in [0.5, 0.6) is 11.5 Å². The van der Waals surface area contributed by atoms with Gasteiger partial charge in [0.05, 0.1) is 6.61 Å². The minimum Gasteiger partial charge on any atom is -0.483 e. The van der Waals surface area contributed by atoms with Gasteiger partial charge in [0.1, 0.15) is 11.5 Å². The van der Waals surface area contributed by atoms with Crippen LogP contribution in [0.15, 0.2) is 66.7 Å². The number of amides is 2. The molecule has 2 amide bonds. The fourth-order valence-corrected chi connectivity index (χ4v) is 3.66. The molecule has 0 aliphatic carbocycles. The third-order valence-corrected chi connectivity index (χ3v) is 5.55. The number of benzene rings is 3. The molecule has 0 saturated carbocycles. The summed E-state index contributed by atoms with van der Waals surface area (Å²) in [6, 6.07) is 19.3. The van der Waals surface area contributed by atoms with Gasteiger partial charge in [-0.15, -0.1) is 0 Å². The molecule has 0 unspecified atom stereocenters. The first kappa shape index (κ1) is 28.2. The van der Waals surface area contributed by atoms with Crippen LogP contribution in [0.1, 0.15) is 54.7 Å². The van der Waals surface area contributed by atoms with Gasteiger partial charge in [-0.1, -0.05) is 50.6 Å². The second-order valence-electron chi connectivity index (χ2n) is 9.78. The lowest BCUT2D eigenvalue weighted by atomic mass is 9.85. The second kappa shape index (κ2) is 12.8. The van der Waals surface area contributed by atoms with Crippen molar-refractivity contribution in [3.8, 4) is 11.5 Å². The van der Waals surface area contributed by atoms with Crippen LogP contribution in [0.3, 0.4) is 0 Å². The number of hydrogen-bond donors (Lipinski definition) is 2. The summed E-state index contributed by atoms with van der Waals surface area (Å²) in [5, 5.41) is 5.68. The van der Waals surface area contributed by atoms with Gasteiger partial charge in [0.2, 0.25) is 0 Å². The molecule has 0 saturated heterocycles. The largest absolute Gasteiger partial charge is 0.513 e. The van der Waals surface area contributed by atoms with Crippen molar-refractivity contribution in [3.63, 3.8) is 0 Å². The predicted octanol–water partition coefficient (Wildman–Crippen LogP) is 5.78. The molecule has 0 atom stereocenters. The zero-order chi connectivity index (χ0) is 27.7. The first-order valence-electron chi connectivity index (χ1n) is 12.4. The van der Waals surface area contributed by atoms with E-state index in [1.807, 2.05) is 25.1 Å². The number of aryl methyl sites for hydroxylation is 1. The summed E-state index contributed by atoms with van der Waals surface area (Å²) in [5.41, 5.74) is 3.89. The molecule has 0 bridgehead atoms. The van der Waals surface area contributed by atoms with Gasteiger partial charge >= 0.3 is 6.16 Å². The zero-order valence-electron chi connectivity index (χ0n) is 22.4. The number of anilines is 1. The van der Waals surface area contributed by atoms with Crippen molar-refractivity contribution in [1.82, 2.24) is 5.32 Å². The third kappa shape index (κ3) is 8.37. The summed E-state index contributed by atoms with van der Waals surface area (Å²) in [7, 11) is 0. The highest BCUT2D eigenvalue weighted by atomic mass is 16.7. The van der Waals surface area contributed by atoms with Crippen LogP contribution in [0.4, 0.5) is 10.5 Å². The minimum atomic E-state index is -0.798. The molecule has 0 aliphatic heterocycles. The van der Waals surface area contributed by atoms with E-state index in [9.17, 15) is 14.4 Å². The van der Waals surface area contributed by atoms with Crippen molar-refractivity contribution < 1.29 is 28.6 Å². The second-order valence-corrected chi connectivity index (χ2v) is 9.78. The average molecular weight is 519 g/mol. The van der Waals surface area contributed by atoms with E-state index in [0.29, 0.717) is 17.0 Å². The van der Waals surface area contributed by atoms with Gasteiger partial charge in [0.15, 0.2) is 6.61 Å². The highest BCUT2D eigenvalue weighted by Crippen LogP contribution is 2.32. The van der Waals surface area contributed by atoms with Crippen LogP contribution in [0, 0.1) is 6.92 Å². The molecule has 0 aliphatic rings. The summed E-state index contributed by atoms with van der Waals surface area (Å²) in [4.78, 5) is 36.5. The Bertz CT molecular complexity index is 1280. The highest BCUT2D eigenvalue weighted by Gasteiger charge is 2.20. The maximum absolute atomic E-state index is 12.6. The van der Waals surface area contributed by atoms with E-state index < -0.39 is 6.16 Å². The van der Waals surface area contributed by atoms with Crippen molar-refractivity contribution in [2.24, 2.45) is 0 Å². The number of rotatable bonds is 9. The Labute approximate surface area is 223 Å². The van der Waals surface area contributed by atoms with Crippen molar-refractivity contribution in [1.29, 1.82) is 0 Å². The van der Waals surface area contributed by atoms with Crippen LogP contribution < -0.4 is 20.1 Å². The minimum absolute atomic E-state index is 0.116. The lowest BCUT2D eigenvalue weighted by molar-refractivity contribution is -0.118. The summed E-state index contributed by atoms with van der Waals surface area (Å²) < 4.78 is 15.6. The summed E-state index contributed by atoms with van der Waals surface area (Å²) >= 11 is 0. The molecular formula is C30H34N2O6. The van der Waals surface area contributed by atoms with Gasteiger partial charge in [0.25, 0.3) is 11.8 Å². The Balaban J connectivity index is 1.52. The van der Waals surface area contributed by atoms with Crippen molar-refractivity contribution >= 4 is 23.7 Å². The van der Waals surface area contributed by atoms with Gasteiger partial charge in [-0.2, -0.15) is 0 Å². The first-order valence-corrected chi connectivity index (χ1v) is 12.4. The quantitative estimate of drug-likeness (QED) is 0.275. The summed E-state index contributed by atoms with van der Waals surface area (Å²) in [6.45, 7) is 10.4. The lowest BCUT2D eigenvalue weighted by Gasteiger charge is -2.23. The predicted molar refractivity (Wildman–Crippen MR) is 146 cm³/mol. The molecule has 3 rings (SSSR count). The van der Waals surface area contributed by atoms with E-state index >= 15 is 0 Å². The van der Waals surface area contributed by atoms with Gasteiger partial charge in [0, 0.05) is 17.8 Å². The maximum Gasteiger partial charge on any atom is 0.513 e. The number of nitrogens with one attached hydrogen (secondary N) is 2. The number of ether oxygens (including phenoxy) is 3. The summed E-state index contributed by atoms with van der Waals surface area (Å²) in [5.74, 6) is 0.402. The fourth-order valence-electron chi connectivity index (χ4n) is 3.66. The fraction of sp³-hybridized carbons (Fsp3) is 0.300. The molecule has 0 spiro atoms. The molecule has 200 valence electrons. The maximum atomic E-state index is 12.6. The van der Waals surface area contributed by atoms with Gasteiger partial charge in [-0.05, 0) is 72.9 Å². The van der Waals surface area contributed by atoms with Crippen LogP contribution in [0.2, 0.25) is 0 Å². The molecule has 8 nitrogen and oxygen atoms in total.